The van der Waals surface area contributed by atoms with Crippen molar-refractivity contribution in [2.75, 3.05) is 24.4 Å². The minimum atomic E-state index is -0.434. The maximum Gasteiger partial charge on any atom is 0.257 e. The first-order valence-corrected chi connectivity index (χ1v) is 11.2. The summed E-state index contributed by atoms with van der Waals surface area (Å²) in [7, 11) is 3.06. The third-order valence-electron chi connectivity index (χ3n) is 7.71. The number of allylic oxidation sites excluding steroid dienone is 2. The van der Waals surface area contributed by atoms with E-state index in [0.29, 0.717) is 34.7 Å². The molecule has 4 aliphatic carbocycles. The number of hydrogen-bond acceptors (Lipinski definition) is 5. The van der Waals surface area contributed by atoms with Crippen LogP contribution >= 0.6 is 0 Å². The smallest absolute Gasteiger partial charge is 0.257 e. The fourth-order valence-corrected chi connectivity index (χ4v) is 6.16. The van der Waals surface area contributed by atoms with E-state index in [1.165, 1.54) is 12.0 Å². The van der Waals surface area contributed by atoms with E-state index in [2.05, 4.69) is 17.5 Å². The fraction of sp³-hybridized carbons (Fsp3) is 0.346. The van der Waals surface area contributed by atoms with Crippen molar-refractivity contribution in [1.29, 1.82) is 0 Å². The molecule has 0 aromatic heterocycles. The minimum absolute atomic E-state index is 0.133. The highest BCUT2D eigenvalue weighted by atomic mass is 16.5. The summed E-state index contributed by atoms with van der Waals surface area (Å²) in [5, 5.41) is 2.85. The van der Waals surface area contributed by atoms with Crippen LogP contribution in [-0.4, -0.2) is 31.9 Å². The van der Waals surface area contributed by atoms with Crippen molar-refractivity contribution in [2.45, 2.75) is 6.42 Å². The van der Waals surface area contributed by atoms with Crippen LogP contribution in [0.3, 0.4) is 0 Å². The summed E-state index contributed by atoms with van der Waals surface area (Å²) >= 11 is 0. The zero-order valence-corrected chi connectivity index (χ0v) is 18.4. The number of amides is 3. The van der Waals surface area contributed by atoms with Crippen molar-refractivity contribution in [3.8, 4) is 11.5 Å². The molecule has 2 aromatic rings. The van der Waals surface area contributed by atoms with Crippen LogP contribution in [0.2, 0.25) is 0 Å². The number of hydrogen-bond donors (Lipinski definition) is 1. The Morgan fingerprint density at radius 3 is 2.24 bits per heavy atom. The Morgan fingerprint density at radius 1 is 0.939 bits per heavy atom. The molecule has 1 aliphatic heterocycles. The molecule has 3 fully saturated rings. The van der Waals surface area contributed by atoms with Crippen LogP contribution in [0.1, 0.15) is 16.8 Å². The van der Waals surface area contributed by atoms with Crippen molar-refractivity contribution in [2.24, 2.45) is 35.5 Å². The summed E-state index contributed by atoms with van der Waals surface area (Å²) in [5.74, 6) is 0.921. The second-order valence-electron chi connectivity index (χ2n) is 9.20. The number of imide groups is 1. The number of carbonyl (C=O) groups excluding carboxylic acids is 3. The van der Waals surface area contributed by atoms with Gasteiger partial charge in [0, 0.05) is 6.07 Å². The summed E-state index contributed by atoms with van der Waals surface area (Å²) in [6.07, 6.45) is 5.39. The quantitative estimate of drug-likeness (QED) is 0.564. The second-order valence-corrected chi connectivity index (χ2v) is 9.20. The van der Waals surface area contributed by atoms with Crippen LogP contribution in [0, 0.1) is 35.5 Å². The van der Waals surface area contributed by atoms with Crippen LogP contribution in [-0.2, 0) is 9.59 Å². The maximum atomic E-state index is 13.5. The zero-order chi connectivity index (χ0) is 22.9. The van der Waals surface area contributed by atoms with Gasteiger partial charge in [-0.2, -0.15) is 0 Å². The van der Waals surface area contributed by atoms with Gasteiger partial charge in [-0.15, -0.1) is 0 Å². The van der Waals surface area contributed by atoms with Gasteiger partial charge in [0.05, 0.1) is 43.0 Å². The van der Waals surface area contributed by atoms with Gasteiger partial charge in [-0.3, -0.25) is 14.4 Å². The highest BCUT2D eigenvalue weighted by molar-refractivity contribution is 6.25. The van der Waals surface area contributed by atoms with E-state index in [0.717, 1.165) is 6.42 Å². The number of methoxy groups -OCH3 is 2. The Kier molecular flexibility index (Phi) is 4.37. The number of ether oxygens (including phenoxy) is 2. The van der Waals surface area contributed by atoms with Gasteiger partial charge in [0.15, 0.2) is 0 Å². The molecule has 7 nitrogen and oxygen atoms in total. The van der Waals surface area contributed by atoms with Crippen molar-refractivity contribution < 1.29 is 23.9 Å². The molecule has 0 radical (unpaired) electrons. The summed E-state index contributed by atoms with van der Waals surface area (Å²) in [5.41, 5.74) is 1.02. The average Bonchev–Trinajstić information content (AvgIpc) is 3.62. The molecule has 33 heavy (non-hydrogen) atoms. The number of rotatable bonds is 5. The molecule has 0 spiro atoms. The molecular weight excluding hydrogens is 420 g/mol. The lowest BCUT2D eigenvalue weighted by Gasteiger charge is -2.37. The Bertz CT molecular complexity index is 1180. The number of nitrogens with zero attached hydrogens (tertiary/aromatic N) is 1. The van der Waals surface area contributed by atoms with Crippen LogP contribution in [0.5, 0.6) is 11.5 Å². The first-order chi connectivity index (χ1) is 16.0. The Labute approximate surface area is 191 Å². The van der Waals surface area contributed by atoms with E-state index in [1.807, 2.05) is 0 Å². The summed E-state index contributed by atoms with van der Waals surface area (Å²) in [6, 6.07) is 11.9. The summed E-state index contributed by atoms with van der Waals surface area (Å²) < 4.78 is 10.6. The van der Waals surface area contributed by atoms with Gasteiger partial charge in [-0.1, -0.05) is 24.3 Å². The molecule has 2 saturated carbocycles. The molecule has 7 heteroatoms. The van der Waals surface area contributed by atoms with Crippen LogP contribution in [0.15, 0.2) is 54.6 Å². The molecule has 0 unspecified atom stereocenters. The number of nitrogens with one attached hydrogen (secondary N) is 1. The third kappa shape index (κ3) is 2.84. The lowest BCUT2D eigenvalue weighted by molar-refractivity contribution is -0.124. The molecule has 1 heterocycles. The van der Waals surface area contributed by atoms with Gasteiger partial charge >= 0.3 is 0 Å². The molecule has 3 amide bonds. The first kappa shape index (κ1) is 20.0. The Morgan fingerprint density at radius 2 is 1.61 bits per heavy atom. The lowest BCUT2D eigenvalue weighted by atomic mass is 9.63. The maximum absolute atomic E-state index is 13.5. The number of benzene rings is 2. The van der Waals surface area contributed by atoms with Crippen molar-refractivity contribution >= 4 is 29.1 Å². The standard InChI is InChI=1S/C26H24N2O5/c1-32-13-7-10-21(33-2)19(11-13)27-24(29)16-5-3-4-6-20(16)28-25(30)22-14-8-9-15(18-12-17(14)18)23(22)26(28)31/h3-11,14-15,17-18,22-23H,12H2,1-2H3,(H,27,29)/t14-,15-,17-,18-,22-,23+/m0/s1. The Balaban J connectivity index is 1.34. The SMILES string of the molecule is COc1ccc(OC)c(NC(=O)c2ccccc2N2C(=O)[C@@H]3[C@H]4C=C[C@@H]([C@@H]5C[C@@H]45)[C@@H]3C2=O)c1. The second kappa shape index (κ2) is 7.20. The number of carbonyl (C=O) groups is 3. The van der Waals surface area contributed by atoms with Crippen LogP contribution in [0.25, 0.3) is 0 Å². The highest BCUT2D eigenvalue weighted by Gasteiger charge is 2.67. The highest BCUT2D eigenvalue weighted by Crippen LogP contribution is 2.65. The fourth-order valence-electron chi connectivity index (χ4n) is 6.16. The summed E-state index contributed by atoms with van der Waals surface area (Å²) in [6.45, 7) is 0. The largest absolute Gasteiger partial charge is 0.497 e. The van der Waals surface area contributed by atoms with E-state index in [-0.39, 0.29) is 41.0 Å². The molecule has 7 rings (SSSR count). The lowest BCUT2D eigenvalue weighted by Crippen LogP contribution is -2.40. The number of anilines is 2. The monoisotopic (exact) mass is 444 g/mol. The molecule has 1 saturated heterocycles. The van der Waals surface area contributed by atoms with Gasteiger partial charge in [-0.25, -0.2) is 4.90 Å². The van der Waals surface area contributed by atoms with E-state index >= 15 is 0 Å². The normalized spacial score (nSPS) is 30.7. The molecule has 5 aliphatic rings. The van der Waals surface area contributed by atoms with Crippen LogP contribution < -0.4 is 19.7 Å². The third-order valence-corrected chi connectivity index (χ3v) is 7.71. The molecule has 2 bridgehead atoms. The average molecular weight is 444 g/mol. The van der Waals surface area contributed by atoms with Crippen LogP contribution in [0.4, 0.5) is 11.4 Å². The molecule has 168 valence electrons. The molecular formula is C26H24N2O5. The van der Waals surface area contributed by atoms with Crippen molar-refractivity contribution in [3.63, 3.8) is 0 Å². The van der Waals surface area contributed by atoms with Gasteiger partial charge in [0.2, 0.25) is 11.8 Å². The topological polar surface area (TPSA) is 84.9 Å². The van der Waals surface area contributed by atoms with Gasteiger partial charge in [-0.05, 0) is 54.4 Å². The van der Waals surface area contributed by atoms with Gasteiger partial charge in [0.25, 0.3) is 5.91 Å². The zero-order valence-electron chi connectivity index (χ0n) is 18.4. The molecule has 1 N–H and O–H groups in total. The first-order valence-electron chi connectivity index (χ1n) is 11.2. The van der Waals surface area contributed by atoms with Crippen molar-refractivity contribution in [3.05, 3.63) is 60.2 Å². The molecule has 6 atom stereocenters. The van der Waals surface area contributed by atoms with Gasteiger partial charge < -0.3 is 14.8 Å². The number of para-hydroxylation sites is 1. The predicted molar refractivity (Wildman–Crippen MR) is 121 cm³/mol. The predicted octanol–water partition coefficient (Wildman–Crippen LogP) is 3.51. The Hall–Kier alpha value is -3.61. The van der Waals surface area contributed by atoms with Crippen molar-refractivity contribution in [1.82, 2.24) is 0 Å². The summed E-state index contributed by atoms with van der Waals surface area (Å²) in [4.78, 5) is 41.6. The van der Waals surface area contributed by atoms with E-state index in [9.17, 15) is 14.4 Å². The van der Waals surface area contributed by atoms with E-state index in [4.69, 9.17) is 9.47 Å². The van der Waals surface area contributed by atoms with Gasteiger partial charge in [0.1, 0.15) is 11.5 Å². The minimum Gasteiger partial charge on any atom is -0.497 e. The molecule has 2 aromatic carbocycles. The van der Waals surface area contributed by atoms with E-state index < -0.39 is 5.91 Å². The van der Waals surface area contributed by atoms with E-state index in [1.54, 1.807) is 49.6 Å².